The molecule has 7 nitrogen and oxygen atoms in total. The van der Waals surface area contributed by atoms with Crippen molar-refractivity contribution in [2.45, 2.75) is 18.6 Å². The van der Waals surface area contributed by atoms with Crippen LogP contribution in [0.15, 0.2) is 41.8 Å². The van der Waals surface area contributed by atoms with Crippen molar-refractivity contribution >= 4 is 17.2 Å². The highest BCUT2D eigenvalue weighted by Crippen LogP contribution is 2.34. The zero-order valence-electron chi connectivity index (χ0n) is 18.2. The van der Waals surface area contributed by atoms with Gasteiger partial charge in [0.15, 0.2) is 0 Å². The topological polar surface area (TPSA) is 71.5 Å². The highest BCUT2D eigenvalue weighted by atomic mass is 32.1. The van der Waals surface area contributed by atoms with Crippen molar-refractivity contribution < 1.29 is 24.1 Å². The molecule has 1 aliphatic heterocycles. The molecule has 0 bridgehead atoms. The summed E-state index contributed by atoms with van der Waals surface area (Å²) in [6, 6.07) is 11.6. The first-order valence-electron chi connectivity index (χ1n) is 10.5. The van der Waals surface area contributed by atoms with Crippen molar-refractivity contribution in [3.8, 4) is 5.75 Å². The Morgan fingerprint density at radius 2 is 2.06 bits per heavy atom. The second-order valence-corrected chi connectivity index (χ2v) is 8.61. The molecule has 0 spiro atoms. The number of rotatable bonds is 12. The number of amides is 1. The van der Waals surface area contributed by atoms with Gasteiger partial charge in [0.2, 0.25) is 5.91 Å². The van der Waals surface area contributed by atoms with Crippen molar-refractivity contribution in [3.63, 3.8) is 0 Å². The quantitative estimate of drug-likeness (QED) is 0.537. The molecule has 0 saturated heterocycles. The van der Waals surface area contributed by atoms with Crippen LogP contribution in [0.25, 0.3) is 0 Å². The van der Waals surface area contributed by atoms with Crippen molar-refractivity contribution in [2.24, 2.45) is 0 Å². The number of ether oxygens (including phenoxy) is 3. The Morgan fingerprint density at radius 1 is 1.26 bits per heavy atom. The summed E-state index contributed by atoms with van der Waals surface area (Å²) in [6.45, 7) is 2.91. The number of hydrogen-bond acceptors (Lipinski definition) is 7. The fourth-order valence-electron chi connectivity index (χ4n) is 3.85. The van der Waals surface area contributed by atoms with Crippen LogP contribution in [0.4, 0.5) is 0 Å². The molecule has 2 unspecified atom stereocenters. The highest BCUT2D eigenvalue weighted by molar-refractivity contribution is 7.10. The first-order valence-corrected chi connectivity index (χ1v) is 11.4. The average molecular weight is 449 g/mol. The molecule has 170 valence electrons. The minimum atomic E-state index is -0.656. The summed E-state index contributed by atoms with van der Waals surface area (Å²) in [5.41, 5.74) is 1.17. The molecule has 31 heavy (non-hydrogen) atoms. The number of fused-ring (bicyclic) bond motifs is 1. The van der Waals surface area contributed by atoms with E-state index in [1.807, 2.05) is 40.1 Å². The van der Waals surface area contributed by atoms with Crippen LogP contribution in [-0.4, -0.2) is 87.1 Å². The summed E-state index contributed by atoms with van der Waals surface area (Å²) in [5, 5.41) is 12.2. The lowest BCUT2D eigenvalue weighted by Gasteiger charge is -2.37. The van der Waals surface area contributed by atoms with E-state index in [9.17, 15) is 9.90 Å². The molecule has 2 heterocycles. The van der Waals surface area contributed by atoms with Crippen molar-refractivity contribution in [1.82, 2.24) is 9.80 Å². The molecule has 1 amide bonds. The fourth-order valence-corrected chi connectivity index (χ4v) is 4.78. The van der Waals surface area contributed by atoms with Crippen LogP contribution < -0.4 is 4.74 Å². The maximum atomic E-state index is 13.3. The van der Waals surface area contributed by atoms with E-state index in [1.165, 1.54) is 10.4 Å². The summed E-state index contributed by atoms with van der Waals surface area (Å²) in [6.07, 6.45) is 0.196. The number of aliphatic hydroxyl groups excluding tert-OH is 1. The molecule has 3 rings (SSSR count). The molecule has 1 N–H and O–H groups in total. The van der Waals surface area contributed by atoms with Crippen LogP contribution in [0.5, 0.6) is 5.75 Å². The third kappa shape index (κ3) is 6.75. The van der Waals surface area contributed by atoms with E-state index >= 15 is 0 Å². The lowest BCUT2D eigenvalue weighted by molar-refractivity contribution is -0.136. The van der Waals surface area contributed by atoms with E-state index < -0.39 is 6.10 Å². The van der Waals surface area contributed by atoms with Gasteiger partial charge in [-0.1, -0.05) is 18.2 Å². The SMILES string of the molecule is COCCN(CC(=O)N1CCc2sccc2C1COc1ccccc1)CC(O)COC. The molecule has 0 saturated carbocycles. The van der Waals surface area contributed by atoms with Gasteiger partial charge in [-0.25, -0.2) is 0 Å². The second kappa shape index (κ2) is 12.2. The molecule has 1 aromatic heterocycles. The predicted molar refractivity (Wildman–Crippen MR) is 121 cm³/mol. The summed E-state index contributed by atoms with van der Waals surface area (Å²) < 4.78 is 16.3. The van der Waals surface area contributed by atoms with E-state index in [2.05, 4.69) is 11.4 Å². The Labute approximate surface area is 188 Å². The lowest BCUT2D eigenvalue weighted by Crippen LogP contribution is -2.48. The number of methoxy groups -OCH3 is 2. The third-order valence-electron chi connectivity index (χ3n) is 5.36. The molecule has 2 aromatic rings. The molecular formula is C23H32N2O5S. The third-order valence-corrected chi connectivity index (χ3v) is 6.36. The van der Waals surface area contributed by atoms with Crippen molar-refractivity contribution in [2.75, 3.05) is 60.2 Å². The normalized spacial score (nSPS) is 16.9. The number of para-hydroxylation sites is 1. The Balaban J connectivity index is 1.70. The van der Waals surface area contributed by atoms with Gasteiger partial charge in [0, 0.05) is 38.7 Å². The maximum Gasteiger partial charge on any atom is 0.237 e. The first kappa shape index (κ1) is 23.7. The second-order valence-electron chi connectivity index (χ2n) is 7.61. The van der Waals surface area contributed by atoms with Crippen molar-refractivity contribution in [3.05, 3.63) is 52.2 Å². The summed E-state index contributed by atoms with van der Waals surface area (Å²) in [5.74, 6) is 0.820. The lowest BCUT2D eigenvalue weighted by atomic mass is 10.0. The molecule has 0 radical (unpaired) electrons. The molecule has 1 aromatic carbocycles. The Bertz CT molecular complexity index is 800. The van der Waals surface area contributed by atoms with Gasteiger partial charge >= 0.3 is 0 Å². The number of carbonyl (C=O) groups is 1. The molecule has 0 aliphatic carbocycles. The summed E-state index contributed by atoms with van der Waals surface area (Å²) in [7, 11) is 3.18. The Morgan fingerprint density at radius 3 is 2.81 bits per heavy atom. The van der Waals surface area contributed by atoms with E-state index in [0.29, 0.717) is 32.8 Å². The van der Waals surface area contributed by atoms with Crippen molar-refractivity contribution in [1.29, 1.82) is 0 Å². The van der Waals surface area contributed by atoms with Crippen LogP contribution >= 0.6 is 11.3 Å². The van der Waals surface area contributed by atoms with Crippen LogP contribution in [0, 0.1) is 0 Å². The minimum Gasteiger partial charge on any atom is -0.491 e. The number of hydrogen-bond donors (Lipinski definition) is 1. The van der Waals surface area contributed by atoms with Gasteiger partial charge in [-0.2, -0.15) is 0 Å². The van der Waals surface area contributed by atoms with Gasteiger partial charge in [-0.3, -0.25) is 9.69 Å². The average Bonchev–Trinajstić information content (AvgIpc) is 3.25. The Hall–Kier alpha value is -1.97. The summed E-state index contributed by atoms with van der Waals surface area (Å²) in [4.78, 5) is 18.5. The van der Waals surface area contributed by atoms with Gasteiger partial charge in [0.25, 0.3) is 0 Å². The van der Waals surface area contributed by atoms with Gasteiger partial charge in [-0.15, -0.1) is 11.3 Å². The minimum absolute atomic E-state index is 0.0271. The van der Waals surface area contributed by atoms with Gasteiger partial charge in [0.05, 0.1) is 31.9 Å². The molecular weight excluding hydrogens is 416 g/mol. The molecule has 2 atom stereocenters. The molecule has 1 aliphatic rings. The highest BCUT2D eigenvalue weighted by Gasteiger charge is 2.33. The number of carbonyl (C=O) groups excluding carboxylic acids is 1. The standard InChI is InChI=1S/C23H32N2O5S/c1-28-12-11-24(14-18(26)16-29-2)15-23(27)25-10-8-22-20(9-13-31-22)21(25)17-30-19-6-4-3-5-7-19/h3-7,9,13,18,21,26H,8,10-12,14-17H2,1-2H3. The van der Waals surface area contributed by atoms with Gasteiger partial charge in [-0.05, 0) is 35.6 Å². The predicted octanol–water partition coefficient (Wildman–Crippen LogP) is 2.21. The molecule has 8 heteroatoms. The van der Waals surface area contributed by atoms with Crippen LogP contribution in [-0.2, 0) is 20.7 Å². The number of nitrogens with zero attached hydrogens (tertiary/aromatic N) is 2. The number of benzene rings is 1. The summed E-state index contributed by atoms with van der Waals surface area (Å²) >= 11 is 1.74. The zero-order valence-corrected chi connectivity index (χ0v) is 19.1. The number of thiophene rings is 1. The monoisotopic (exact) mass is 448 g/mol. The van der Waals surface area contributed by atoms with Gasteiger partial charge < -0.3 is 24.2 Å². The maximum absolute atomic E-state index is 13.3. The fraction of sp³-hybridized carbons (Fsp3) is 0.522. The van der Waals surface area contributed by atoms with Crippen LogP contribution in [0.3, 0.4) is 0 Å². The van der Waals surface area contributed by atoms with E-state index in [0.717, 1.165) is 12.2 Å². The zero-order chi connectivity index (χ0) is 22.1. The first-order chi connectivity index (χ1) is 15.1. The van der Waals surface area contributed by atoms with E-state index in [-0.39, 0.29) is 25.1 Å². The van der Waals surface area contributed by atoms with E-state index in [4.69, 9.17) is 14.2 Å². The largest absolute Gasteiger partial charge is 0.491 e. The Kier molecular flexibility index (Phi) is 9.30. The van der Waals surface area contributed by atoms with Gasteiger partial charge in [0.1, 0.15) is 12.4 Å². The number of aliphatic hydroxyl groups is 1. The van der Waals surface area contributed by atoms with Crippen LogP contribution in [0.1, 0.15) is 16.5 Å². The van der Waals surface area contributed by atoms with E-state index in [1.54, 1.807) is 25.6 Å². The molecule has 0 fully saturated rings. The smallest absolute Gasteiger partial charge is 0.237 e. The van der Waals surface area contributed by atoms with Crippen LogP contribution in [0.2, 0.25) is 0 Å².